The van der Waals surface area contributed by atoms with E-state index in [2.05, 4.69) is 4.74 Å². The maximum absolute atomic E-state index is 4.90. The Hall–Kier alpha value is -0.120. The van der Waals surface area contributed by atoms with Crippen molar-refractivity contribution >= 4 is 0 Å². The molecular formula is C5H12O3. The lowest BCUT2D eigenvalue weighted by Gasteiger charge is -2.08. The summed E-state index contributed by atoms with van der Waals surface area (Å²) in [4.78, 5) is 0. The molecule has 0 fully saturated rings. The van der Waals surface area contributed by atoms with E-state index in [1.54, 1.807) is 21.1 Å². The first-order chi connectivity index (χ1) is 3.81. The molecule has 3 nitrogen and oxygen atoms in total. The predicted molar refractivity (Wildman–Crippen MR) is 29.4 cm³/mol. The van der Waals surface area contributed by atoms with Crippen LogP contribution in [0.4, 0.5) is 0 Å². The molecule has 0 spiro atoms. The lowest BCUT2D eigenvalue weighted by Crippen LogP contribution is -2.11. The number of hydrogen-bond acceptors (Lipinski definition) is 3. The summed E-state index contributed by atoms with van der Waals surface area (Å²) in [6, 6.07) is 0. The second-order valence-corrected chi connectivity index (χ2v) is 1.38. The lowest BCUT2D eigenvalue weighted by molar-refractivity contribution is -0.166. The number of rotatable bonds is 4. The fraction of sp³-hybridized carbons (Fsp3) is 1.00. The minimum Gasteiger partial charge on any atom is -0.359 e. The Balaban J connectivity index is 2.86. The molecule has 1 unspecified atom stereocenters. The van der Waals surface area contributed by atoms with E-state index in [1.165, 1.54) is 0 Å². The van der Waals surface area contributed by atoms with Crippen molar-refractivity contribution in [3.63, 3.8) is 0 Å². The van der Waals surface area contributed by atoms with Gasteiger partial charge in [0.2, 0.25) is 0 Å². The molecule has 0 aromatic carbocycles. The fourth-order valence-electron chi connectivity index (χ4n) is 0.232. The van der Waals surface area contributed by atoms with E-state index in [0.717, 1.165) is 0 Å². The van der Waals surface area contributed by atoms with Gasteiger partial charge < -0.3 is 14.2 Å². The largest absolute Gasteiger partial charge is 0.359 e. The summed E-state index contributed by atoms with van der Waals surface area (Å²) in [6.45, 7) is 2.09. The van der Waals surface area contributed by atoms with Crippen LogP contribution in [0.1, 0.15) is 6.92 Å². The summed E-state index contributed by atoms with van der Waals surface area (Å²) < 4.78 is 14.3. The van der Waals surface area contributed by atoms with Gasteiger partial charge in [-0.2, -0.15) is 0 Å². The van der Waals surface area contributed by atoms with Gasteiger partial charge in [0.25, 0.3) is 0 Å². The van der Waals surface area contributed by atoms with Crippen LogP contribution in [0, 0.1) is 0 Å². The molecule has 0 heterocycles. The van der Waals surface area contributed by atoms with E-state index in [0.29, 0.717) is 0 Å². The van der Waals surface area contributed by atoms with E-state index in [9.17, 15) is 0 Å². The third-order valence-corrected chi connectivity index (χ3v) is 0.753. The third kappa shape index (κ3) is 4.05. The van der Waals surface area contributed by atoms with E-state index < -0.39 is 0 Å². The Bertz CT molecular complexity index is 46.9. The lowest BCUT2D eigenvalue weighted by atomic mass is 10.8. The fourth-order valence-corrected chi connectivity index (χ4v) is 0.232. The standard InChI is InChI=1S/C5H12O3/c1-5(7-3)8-4-6-2/h5H,4H2,1-3H3. The highest BCUT2D eigenvalue weighted by Crippen LogP contribution is 1.88. The van der Waals surface area contributed by atoms with Gasteiger partial charge in [-0.15, -0.1) is 0 Å². The first-order valence-corrected chi connectivity index (χ1v) is 2.44. The zero-order valence-electron chi connectivity index (χ0n) is 5.51. The molecule has 3 heteroatoms. The van der Waals surface area contributed by atoms with Crippen molar-refractivity contribution in [3.8, 4) is 0 Å². The summed E-state index contributed by atoms with van der Waals surface area (Å²) >= 11 is 0. The zero-order chi connectivity index (χ0) is 6.41. The molecule has 0 rings (SSSR count). The summed E-state index contributed by atoms with van der Waals surface area (Å²) in [6.07, 6.45) is -0.171. The summed E-state index contributed by atoms with van der Waals surface area (Å²) in [5.74, 6) is 0. The van der Waals surface area contributed by atoms with Crippen LogP contribution in [0.3, 0.4) is 0 Å². The molecule has 50 valence electrons. The topological polar surface area (TPSA) is 27.7 Å². The Labute approximate surface area is 49.5 Å². The zero-order valence-corrected chi connectivity index (χ0v) is 5.51. The van der Waals surface area contributed by atoms with Crippen molar-refractivity contribution in [2.75, 3.05) is 21.0 Å². The molecular weight excluding hydrogens is 108 g/mol. The van der Waals surface area contributed by atoms with Crippen molar-refractivity contribution < 1.29 is 14.2 Å². The molecule has 0 radical (unpaired) electrons. The Morgan fingerprint density at radius 1 is 1.38 bits per heavy atom. The molecule has 0 aliphatic rings. The van der Waals surface area contributed by atoms with Crippen LogP contribution >= 0.6 is 0 Å². The second kappa shape index (κ2) is 5.03. The molecule has 8 heavy (non-hydrogen) atoms. The van der Waals surface area contributed by atoms with Crippen LogP contribution in [-0.2, 0) is 14.2 Å². The molecule has 0 saturated carbocycles. The van der Waals surface area contributed by atoms with Gasteiger partial charge in [0.15, 0.2) is 6.29 Å². The van der Waals surface area contributed by atoms with E-state index in [4.69, 9.17) is 9.47 Å². The Morgan fingerprint density at radius 2 is 2.00 bits per heavy atom. The van der Waals surface area contributed by atoms with Gasteiger partial charge in [-0.1, -0.05) is 0 Å². The van der Waals surface area contributed by atoms with Crippen molar-refractivity contribution in [2.45, 2.75) is 13.2 Å². The van der Waals surface area contributed by atoms with Crippen molar-refractivity contribution in [3.05, 3.63) is 0 Å². The van der Waals surface area contributed by atoms with Crippen molar-refractivity contribution in [1.82, 2.24) is 0 Å². The highest BCUT2D eigenvalue weighted by molar-refractivity contribution is 4.20. The van der Waals surface area contributed by atoms with Gasteiger partial charge in [0, 0.05) is 14.2 Å². The monoisotopic (exact) mass is 120 g/mol. The molecule has 0 aromatic rings. The van der Waals surface area contributed by atoms with Gasteiger partial charge in [0.1, 0.15) is 6.79 Å². The van der Waals surface area contributed by atoms with E-state index in [1.807, 2.05) is 0 Å². The van der Waals surface area contributed by atoms with Crippen molar-refractivity contribution in [1.29, 1.82) is 0 Å². The molecule has 0 amide bonds. The molecule has 0 aliphatic carbocycles. The quantitative estimate of drug-likeness (QED) is 0.508. The molecule has 0 aliphatic heterocycles. The maximum atomic E-state index is 4.90. The van der Waals surface area contributed by atoms with Crippen LogP contribution in [0.2, 0.25) is 0 Å². The third-order valence-electron chi connectivity index (χ3n) is 0.753. The van der Waals surface area contributed by atoms with Gasteiger partial charge in [0.05, 0.1) is 0 Å². The van der Waals surface area contributed by atoms with Gasteiger partial charge in [-0.3, -0.25) is 0 Å². The first-order valence-electron chi connectivity index (χ1n) is 2.44. The van der Waals surface area contributed by atoms with Gasteiger partial charge >= 0.3 is 0 Å². The highest BCUT2D eigenvalue weighted by Gasteiger charge is 1.94. The van der Waals surface area contributed by atoms with E-state index >= 15 is 0 Å². The molecule has 0 N–H and O–H groups in total. The van der Waals surface area contributed by atoms with Crippen LogP contribution < -0.4 is 0 Å². The Kier molecular flexibility index (Phi) is 4.95. The highest BCUT2D eigenvalue weighted by atomic mass is 16.7. The SMILES string of the molecule is COCOC(C)OC. The Morgan fingerprint density at radius 3 is 2.38 bits per heavy atom. The minimum absolute atomic E-state index is 0.171. The van der Waals surface area contributed by atoms with Crippen LogP contribution in [0.25, 0.3) is 0 Å². The normalized spacial score (nSPS) is 13.9. The minimum atomic E-state index is -0.171. The summed E-state index contributed by atoms with van der Waals surface area (Å²) in [5, 5.41) is 0. The summed E-state index contributed by atoms with van der Waals surface area (Å²) in [5.41, 5.74) is 0. The average molecular weight is 120 g/mol. The van der Waals surface area contributed by atoms with E-state index in [-0.39, 0.29) is 13.1 Å². The smallest absolute Gasteiger partial charge is 0.157 e. The molecule has 0 bridgehead atoms. The predicted octanol–water partition coefficient (Wildman–Crippen LogP) is 0.599. The molecule has 1 atom stereocenters. The van der Waals surface area contributed by atoms with Gasteiger partial charge in [-0.25, -0.2) is 0 Å². The van der Waals surface area contributed by atoms with Gasteiger partial charge in [-0.05, 0) is 6.92 Å². The average Bonchev–Trinajstić information content (AvgIpc) is 1.83. The first kappa shape index (κ1) is 7.88. The molecule has 0 aromatic heterocycles. The summed E-state index contributed by atoms with van der Waals surface area (Å²) in [7, 11) is 3.16. The molecule has 0 saturated heterocycles. The number of ether oxygens (including phenoxy) is 3. The number of hydrogen-bond donors (Lipinski definition) is 0. The van der Waals surface area contributed by atoms with Crippen molar-refractivity contribution in [2.24, 2.45) is 0 Å². The maximum Gasteiger partial charge on any atom is 0.157 e. The number of methoxy groups -OCH3 is 2. The van der Waals surface area contributed by atoms with Crippen LogP contribution in [-0.4, -0.2) is 27.3 Å². The van der Waals surface area contributed by atoms with Crippen LogP contribution in [0.15, 0.2) is 0 Å². The van der Waals surface area contributed by atoms with Crippen LogP contribution in [0.5, 0.6) is 0 Å². The second-order valence-electron chi connectivity index (χ2n) is 1.38.